The van der Waals surface area contributed by atoms with Crippen LogP contribution in [0.25, 0.3) is 0 Å². The fourth-order valence-electron chi connectivity index (χ4n) is 2.20. The number of ketones is 1. The average Bonchev–Trinajstić information content (AvgIpc) is 2.06. The van der Waals surface area contributed by atoms with Crippen molar-refractivity contribution < 1.29 is 4.79 Å². The number of rotatable bonds is 0. The third-order valence-corrected chi connectivity index (χ3v) is 2.66. The summed E-state index contributed by atoms with van der Waals surface area (Å²) < 4.78 is 0. The Balaban J connectivity index is 2.20. The molecule has 56 valence electrons. The van der Waals surface area contributed by atoms with Crippen LogP contribution in [0.2, 0.25) is 0 Å². The zero-order valence-electron chi connectivity index (χ0n) is 6.31. The van der Waals surface area contributed by atoms with Gasteiger partial charge < -0.3 is 5.32 Å². The van der Waals surface area contributed by atoms with Crippen LogP contribution in [0.1, 0.15) is 32.6 Å². The van der Waals surface area contributed by atoms with Crippen LogP contribution in [-0.2, 0) is 4.79 Å². The molecule has 0 radical (unpaired) electrons. The highest BCUT2D eigenvalue weighted by Crippen LogP contribution is 2.32. The van der Waals surface area contributed by atoms with Gasteiger partial charge >= 0.3 is 0 Å². The van der Waals surface area contributed by atoms with Crippen molar-refractivity contribution >= 4 is 5.78 Å². The average molecular weight is 139 g/mol. The lowest BCUT2D eigenvalue weighted by molar-refractivity contribution is -0.121. The summed E-state index contributed by atoms with van der Waals surface area (Å²) >= 11 is 0. The van der Waals surface area contributed by atoms with E-state index in [-0.39, 0.29) is 5.54 Å². The highest BCUT2D eigenvalue weighted by Gasteiger charge is 2.40. The van der Waals surface area contributed by atoms with E-state index >= 15 is 0 Å². The minimum absolute atomic E-state index is 0.167. The van der Waals surface area contributed by atoms with E-state index in [0.29, 0.717) is 11.8 Å². The first kappa shape index (κ1) is 6.35. The van der Waals surface area contributed by atoms with Gasteiger partial charge in [-0.05, 0) is 19.8 Å². The minimum atomic E-state index is 0.167. The van der Waals surface area contributed by atoms with Crippen LogP contribution in [0.3, 0.4) is 0 Å². The molecule has 2 heterocycles. The molecule has 0 saturated carbocycles. The number of hydrogen-bond donors (Lipinski definition) is 1. The van der Waals surface area contributed by atoms with Gasteiger partial charge in [-0.1, -0.05) is 0 Å². The maximum Gasteiger partial charge on any atom is 0.136 e. The fraction of sp³-hybridized carbons (Fsp3) is 0.875. The predicted octanol–water partition coefficient (Wildman–Crippen LogP) is 0.860. The Hall–Kier alpha value is -0.370. The van der Waals surface area contributed by atoms with Gasteiger partial charge in [0.15, 0.2) is 0 Å². The summed E-state index contributed by atoms with van der Waals surface area (Å²) in [7, 11) is 0. The maximum absolute atomic E-state index is 11.1. The molecule has 2 rings (SSSR count). The molecule has 0 aliphatic carbocycles. The van der Waals surface area contributed by atoms with Crippen LogP contribution in [0, 0.1) is 0 Å². The first-order valence-electron chi connectivity index (χ1n) is 3.97. The van der Waals surface area contributed by atoms with E-state index in [0.717, 1.165) is 12.8 Å². The van der Waals surface area contributed by atoms with E-state index in [9.17, 15) is 4.79 Å². The summed E-state index contributed by atoms with van der Waals surface area (Å²) in [6.45, 7) is 2.16. The molecule has 1 N–H and O–H groups in total. The van der Waals surface area contributed by atoms with E-state index in [1.807, 2.05) is 0 Å². The predicted molar refractivity (Wildman–Crippen MR) is 38.8 cm³/mol. The number of fused-ring (bicyclic) bond motifs is 2. The molecule has 0 aromatic carbocycles. The van der Waals surface area contributed by atoms with Crippen LogP contribution in [0.5, 0.6) is 0 Å². The van der Waals surface area contributed by atoms with E-state index in [2.05, 4.69) is 12.2 Å². The van der Waals surface area contributed by atoms with Crippen molar-refractivity contribution in [3.8, 4) is 0 Å². The Morgan fingerprint density at radius 3 is 3.20 bits per heavy atom. The van der Waals surface area contributed by atoms with Gasteiger partial charge in [-0.15, -0.1) is 0 Å². The second-order valence-corrected chi connectivity index (χ2v) is 3.86. The van der Waals surface area contributed by atoms with Gasteiger partial charge in [-0.2, -0.15) is 0 Å². The molecule has 2 bridgehead atoms. The van der Waals surface area contributed by atoms with Gasteiger partial charge in [0.1, 0.15) is 5.78 Å². The Morgan fingerprint density at radius 1 is 1.70 bits per heavy atom. The zero-order valence-corrected chi connectivity index (χ0v) is 6.31. The summed E-state index contributed by atoms with van der Waals surface area (Å²) in [6.07, 6.45) is 3.91. The lowest BCUT2D eigenvalue weighted by atomic mass is 9.92. The third-order valence-electron chi connectivity index (χ3n) is 2.66. The molecule has 0 aromatic rings. The second-order valence-electron chi connectivity index (χ2n) is 3.86. The summed E-state index contributed by atoms with van der Waals surface area (Å²) in [4.78, 5) is 11.1. The Morgan fingerprint density at radius 2 is 2.50 bits per heavy atom. The highest BCUT2D eigenvalue weighted by molar-refractivity contribution is 5.81. The molecule has 2 fully saturated rings. The molecule has 2 aliphatic rings. The minimum Gasteiger partial charge on any atom is -0.308 e. The maximum atomic E-state index is 11.1. The smallest absolute Gasteiger partial charge is 0.136 e. The molecule has 0 spiro atoms. The topological polar surface area (TPSA) is 29.1 Å². The molecule has 0 aromatic heterocycles. The van der Waals surface area contributed by atoms with Gasteiger partial charge in [0, 0.05) is 24.4 Å². The van der Waals surface area contributed by atoms with E-state index in [1.165, 1.54) is 12.8 Å². The van der Waals surface area contributed by atoms with Crippen molar-refractivity contribution in [3.63, 3.8) is 0 Å². The molecule has 2 nitrogen and oxygen atoms in total. The monoisotopic (exact) mass is 139 g/mol. The molecule has 2 atom stereocenters. The Kier molecular flexibility index (Phi) is 1.15. The van der Waals surface area contributed by atoms with Crippen LogP contribution in [0.4, 0.5) is 0 Å². The quantitative estimate of drug-likeness (QED) is 0.539. The molecule has 2 aliphatic heterocycles. The Labute approximate surface area is 61.0 Å². The molecular formula is C8H13NO. The molecule has 10 heavy (non-hydrogen) atoms. The molecule has 2 saturated heterocycles. The number of Topliss-reactive ketones (excluding diaryl/α,β-unsaturated/α-hetero) is 1. The Bertz CT molecular complexity index is 178. The lowest BCUT2D eigenvalue weighted by Crippen LogP contribution is -2.47. The third kappa shape index (κ3) is 0.870. The number of hydrogen-bond acceptors (Lipinski definition) is 2. The van der Waals surface area contributed by atoms with Crippen molar-refractivity contribution in [2.75, 3.05) is 0 Å². The first-order valence-corrected chi connectivity index (χ1v) is 3.97. The summed E-state index contributed by atoms with van der Waals surface area (Å²) in [6, 6.07) is 0.506. The van der Waals surface area contributed by atoms with Crippen molar-refractivity contribution in [3.05, 3.63) is 0 Å². The molecule has 2 heteroatoms. The van der Waals surface area contributed by atoms with Crippen molar-refractivity contribution in [2.24, 2.45) is 0 Å². The summed E-state index contributed by atoms with van der Waals surface area (Å²) in [5.74, 6) is 0.448. The lowest BCUT2D eigenvalue weighted by Gasteiger charge is -2.29. The number of carbonyl (C=O) groups is 1. The first-order chi connectivity index (χ1) is 4.68. The van der Waals surface area contributed by atoms with Crippen LogP contribution < -0.4 is 5.32 Å². The van der Waals surface area contributed by atoms with Crippen LogP contribution in [0.15, 0.2) is 0 Å². The SMILES string of the molecule is C[C@]12CCC(CC(=O)C1)N2. The molecular weight excluding hydrogens is 126 g/mol. The van der Waals surface area contributed by atoms with Crippen molar-refractivity contribution in [1.29, 1.82) is 0 Å². The summed E-state index contributed by atoms with van der Waals surface area (Å²) in [5, 5.41) is 3.48. The largest absolute Gasteiger partial charge is 0.308 e. The standard InChI is InChI=1S/C8H13NO/c1-8-3-2-6(9-8)4-7(10)5-8/h6,9H,2-5H2,1H3/t6?,8-/m0/s1. The van der Waals surface area contributed by atoms with E-state index in [4.69, 9.17) is 0 Å². The van der Waals surface area contributed by atoms with Gasteiger partial charge in [0.25, 0.3) is 0 Å². The van der Waals surface area contributed by atoms with Gasteiger partial charge in [-0.25, -0.2) is 0 Å². The van der Waals surface area contributed by atoms with E-state index < -0.39 is 0 Å². The second kappa shape index (κ2) is 1.82. The number of piperidine rings is 1. The normalized spacial score (nSPS) is 46.1. The van der Waals surface area contributed by atoms with Crippen molar-refractivity contribution in [2.45, 2.75) is 44.2 Å². The molecule has 1 unspecified atom stereocenters. The van der Waals surface area contributed by atoms with Crippen LogP contribution in [-0.4, -0.2) is 17.4 Å². The molecule has 0 amide bonds. The van der Waals surface area contributed by atoms with Gasteiger partial charge in [-0.3, -0.25) is 4.79 Å². The van der Waals surface area contributed by atoms with Crippen LogP contribution >= 0.6 is 0 Å². The highest BCUT2D eigenvalue weighted by atomic mass is 16.1. The van der Waals surface area contributed by atoms with Gasteiger partial charge in [0.2, 0.25) is 0 Å². The number of carbonyl (C=O) groups excluding carboxylic acids is 1. The fourth-order valence-corrected chi connectivity index (χ4v) is 2.20. The summed E-state index contributed by atoms with van der Waals surface area (Å²) in [5.41, 5.74) is 0.167. The number of nitrogens with one attached hydrogen (secondary N) is 1. The van der Waals surface area contributed by atoms with E-state index in [1.54, 1.807) is 0 Å². The zero-order chi connectivity index (χ0) is 7.19. The van der Waals surface area contributed by atoms with Gasteiger partial charge in [0.05, 0.1) is 0 Å². The van der Waals surface area contributed by atoms with Crippen molar-refractivity contribution in [1.82, 2.24) is 5.32 Å².